The molecule has 1 aromatic heterocycles. The van der Waals surface area contributed by atoms with Crippen LogP contribution < -0.4 is 4.72 Å². The van der Waals surface area contributed by atoms with Crippen molar-refractivity contribution in [3.63, 3.8) is 0 Å². The minimum atomic E-state index is -3.57. The highest BCUT2D eigenvalue weighted by molar-refractivity contribution is 9.11. The van der Waals surface area contributed by atoms with Crippen LogP contribution in [0, 0.1) is 0 Å². The average Bonchev–Trinajstić information content (AvgIpc) is 2.81. The van der Waals surface area contributed by atoms with Crippen molar-refractivity contribution < 1.29 is 17.9 Å². The van der Waals surface area contributed by atoms with Crippen molar-refractivity contribution in [2.24, 2.45) is 0 Å². The van der Waals surface area contributed by atoms with Crippen molar-refractivity contribution >= 4 is 48.9 Å². The number of rotatable bonds is 4. The molecular weight excluding hydrogens is 378 g/mol. The Labute approximate surface area is 129 Å². The van der Waals surface area contributed by atoms with E-state index in [2.05, 4.69) is 20.7 Å². The third kappa shape index (κ3) is 3.90. The predicted molar refractivity (Wildman–Crippen MR) is 77.1 cm³/mol. The van der Waals surface area contributed by atoms with Gasteiger partial charge in [-0.3, -0.25) is 0 Å². The Morgan fingerprint density at radius 1 is 1.63 bits per heavy atom. The molecule has 1 fully saturated rings. The molecule has 1 unspecified atom stereocenters. The first-order chi connectivity index (χ1) is 8.70. The third-order valence-corrected chi connectivity index (χ3v) is 6.83. The van der Waals surface area contributed by atoms with E-state index in [1.807, 2.05) is 0 Å². The molecule has 1 N–H and O–H groups in total. The van der Waals surface area contributed by atoms with E-state index >= 15 is 0 Å². The van der Waals surface area contributed by atoms with Crippen molar-refractivity contribution in [3.8, 4) is 0 Å². The summed E-state index contributed by atoms with van der Waals surface area (Å²) in [6, 6.07) is 1.41. The van der Waals surface area contributed by atoms with E-state index in [-0.39, 0.29) is 16.9 Å². The van der Waals surface area contributed by atoms with Gasteiger partial charge in [0.25, 0.3) is 0 Å². The van der Waals surface area contributed by atoms with Crippen molar-refractivity contribution in [2.45, 2.75) is 29.9 Å². The summed E-state index contributed by atoms with van der Waals surface area (Å²) < 4.78 is 38.2. The monoisotopic (exact) mass is 389 g/mol. The molecule has 1 aliphatic rings. The van der Waals surface area contributed by atoms with Gasteiger partial charge >= 0.3 is 0 Å². The topological polar surface area (TPSA) is 64.6 Å². The molecule has 1 aromatic rings. The second-order valence-electron chi connectivity index (χ2n) is 4.49. The van der Waals surface area contributed by atoms with Crippen LogP contribution in [0.4, 0.5) is 0 Å². The van der Waals surface area contributed by atoms with Gasteiger partial charge in [0.2, 0.25) is 10.0 Å². The van der Waals surface area contributed by atoms with Gasteiger partial charge in [0, 0.05) is 6.54 Å². The number of ether oxygens (including phenoxy) is 2. The molecule has 0 amide bonds. The van der Waals surface area contributed by atoms with Gasteiger partial charge in [0.05, 0.1) is 21.5 Å². The van der Waals surface area contributed by atoms with E-state index in [0.29, 0.717) is 15.4 Å². The molecule has 0 aliphatic carbocycles. The summed E-state index contributed by atoms with van der Waals surface area (Å²) >= 11 is 10.1. The lowest BCUT2D eigenvalue weighted by molar-refractivity contribution is -0.137. The van der Waals surface area contributed by atoms with Crippen LogP contribution >= 0.6 is 38.9 Å². The third-order valence-electron chi connectivity index (χ3n) is 2.46. The Bertz CT molecular complexity index is 553. The summed E-state index contributed by atoms with van der Waals surface area (Å²) in [5, 5.41) is 0.381. The Kier molecular flexibility index (Phi) is 4.61. The summed E-state index contributed by atoms with van der Waals surface area (Å²) in [5.41, 5.74) is 0. The maximum Gasteiger partial charge on any atom is 0.250 e. The summed E-state index contributed by atoms with van der Waals surface area (Å²) in [6.07, 6.45) is -0.288. The molecule has 0 aromatic carbocycles. The fourth-order valence-electron chi connectivity index (χ4n) is 1.60. The number of hydrogen-bond acceptors (Lipinski definition) is 5. The van der Waals surface area contributed by atoms with E-state index in [4.69, 9.17) is 21.1 Å². The van der Waals surface area contributed by atoms with E-state index in [1.165, 1.54) is 6.07 Å². The van der Waals surface area contributed by atoms with E-state index in [0.717, 1.165) is 11.3 Å². The molecule has 2 heterocycles. The fraction of sp³-hybridized carbons (Fsp3) is 0.600. The van der Waals surface area contributed by atoms with Gasteiger partial charge in [-0.1, -0.05) is 11.6 Å². The predicted octanol–water partition coefficient (Wildman–Crippen LogP) is 2.59. The summed E-state index contributed by atoms with van der Waals surface area (Å²) in [7, 11) is -3.57. The fourth-order valence-corrected chi connectivity index (χ4v) is 5.11. The molecule has 108 valence electrons. The first-order valence-corrected chi connectivity index (χ1v) is 8.93. The molecular formula is C10H13BrClNO4S2. The average molecular weight is 391 g/mol. The molecule has 5 nitrogen and oxygen atoms in total. The second-order valence-corrected chi connectivity index (χ2v) is 9.26. The lowest BCUT2D eigenvalue weighted by Crippen LogP contribution is -2.34. The summed E-state index contributed by atoms with van der Waals surface area (Å²) in [6.45, 7) is 4.11. The standard InChI is InChI=1S/C10H13BrClNO4S2/c1-10(2)16-5-6(17-10)4-13-19(14,15)8-3-7(12)9(11)18-8/h3,6,13H,4-5H2,1-2H3. The van der Waals surface area contributed by atoms with Gasteiger partial charge in [-0.2, -0.15) is 0 Å². The minimum absolute atomic E-state index is 0.166. The number of sulfonamides is 1. The second kappa shape index (κ2) is 5.59. The van der Waals surface area contributed by atoms with Crippen LogP contribution in [0.3, 0.4) is 0 Å². The highest BCUT2D eigenvalue weighted by Gasteiger charge is 2.33. The van der Waals surface area contributed by atoms with Crippen molar-refractivity contribution in [3.05, 3.63) is 14.9 Å². The van der Waals surface area contributed by atoms with Crippen LogP contribution in [0.25, 0.3) is 0 Å². The molecule has 1 saturated heterocycles. The molecule has 2 rings (SSSR count). The SMILES string of the molecule is CC1(C)OCC(CNS(=O)(=O)c2cc(Cl)c(Br)s2)O1. The minimum Gasteiger partial charge on any atom is -0.348 e. The van der Waals surface area contributed by atoms with E-state index < -0.39 is 15.8 Å². The molecule has 19 heavy (non-hydrogen) atoms. The van der Waals surface area contributed by atoms with Gasteiger partial charge in [-0.05, 0) is 35.8 Å². The molecule has 1 atom stereocenters. The van der Waals surface area contributed by atoms with E-state index in [9.17, 15) is 8.42 Å². The zero-order valence-electron chi connectivity index (χ0n) is 10.3. The highest BCUT2D eigenvalue weighted by Crippen LogP contribution is 2.34. The van der Waals surface area contributed by atoms with Gasteiger partial charge in [-0.25, -0.2) is 13.1 Å². The zero-order chi connectivity index (χ0) is 14.3. The van der Waals surface area contributed by atoms with Crippen molar-refractivity contribution in [1.29, 1.82) is 0 Å². The molecule has 0 saturated carbocycles. The van der Waals surface area contributed by atoms with Crippen molar-refractivity contribution in [1.82, 2.24) is 4.72 Å². The maximum absolute atomic E-state index is 12.0. The Morgan fingerprint density at radius 2 is 2.32 bits per heavy atom. The summed E-state index contributed by atoms with van der Waals surface area (Å²) in [5.74, 6) is -0.661. The normalized spacial score (nSPS) is 22.8. The lowest BCUT2D eigenvalue weighted by Gasteiger charge is -2.17. The number of nitrogens with one attached hydrogen (secondary N) is 1. The van der Waals surface area contributed by atoms with Crippen LogP contribution in [0.15, 0.2) is 14.1 Å². The molecule has 9 heteroatoms. The Balaban J connectivity index is 1.99. The first kappa shape index (κ1) is 15.7. The quantitative estimate of drug-likeness (QED) is 0.858. The maximum atomic E-state index is 12.0. The van der Waals surface area contributed by atoms with Gasteiger partial charge in [0.1, 0.15) is 4.21 Å². The van der Waals surface area contributed by atoms with E-state index in [1.54, 1.807) is 13.8 Å². The Hall–Kier alpha value is 0.300. The molecule has 1 aliphatic heterocycles. The summed E-state index contributed by atoms with van der Waals surface area (Å²) in [4.78, 5) is 0. The zero-order valence-corrected chi connectivity index (χ0v) is 14.2. The van der Waals surface area contributed by atoms with Crippen LogP contribution in [-0.4, -0.2) is 33.5 Å². The molecule has 0 radical (unpaired) electrons. The number of thiophene rings is 1. The van der Waals surface area contributed by atoms with Crippen LogP contribution in [-0.2, 0) is 19.5 Å². The van der Waals surface area contributed by atoms with Crippen LogP contribution in [0.5, 0.6) is 0 Å². The van der Waals surface area contributed by atoms with Crippen LogP contribution in [0.2, 0.25) is 5.02 Å². The number of hydrogen-bond donors (Lipinski definition) is 1. The largest absolute Gasteiger partial charge is 0.348 e. The Morgan fingerprint density at radius 3 is 2.79 bits per heavy atom. The van der Waals surface area contributed by atoms with Crippen LogP contribution in [0.1, 0.15) is 13.8 Å². The molecule has 0 bridgehead atoms. The first-order valence-electron chi connectivity index (χ1n) is 5.46. The molecule has 0 spiro atoms. The van der Waals surface area contributed by atoms with Crippen molar-refractivity contribution in [2.75, 3.05) is 13.2 Å². The van der Waals surface area contributed by atoms with Gasteiger partial charge in [-0.15, -0.1) is 11.3 Å². The number of halogens is 2. The van der Waals surface area contributed by atoms with Gasteiger partial charge in [0.15, 0.2) is 5.79 Å². The lowest BCUT2D eigenvalue weighted by atomic mass is 10.4. The van der Waals surface area contributed by atoms with Gasteiger partial charge < -0.3 is 9.47 Å². The smallest absolute Gasteiger partial charge is 0.250 e. The highest BCUT2D eigenvalue weighted by atomic mass is 79.9.